The van der Waals surface area contributed by atoms with E-state index in [-0.39, 0.29) is 5.91 Å². The Balaban J connectivity index is 1.79. The molecule has 2 aromatic carbocycles. The van der Waals surface area contributed by atoms with Crippen molar-refractivity contribution in [1.29, 1.82) is 0 Å². The van der Waals surface area contributed by atoms with Crippen LogP contribution in [0.3, 0.4) is 0 Å². The van der Waals surface area contributed by atoms with Crippen molar-refractivity contribution in [3.63, 3.8) is 0 Å². The molecular formula is C27H38N2O2SSn. The number of fused-ring (bicyclic) bond motifs is 1. The third kappa shape index (κ3) is 6.72. The molecule has 0 bridgehead atoms. The van der Waals surface area contributed by atoms with E-state index in [0.29, 0.717) is 10.7 Å². The molecule has 0 aliphatic heterocycles. The van der Waals surface area contributed by atoms with E-state index in [9.17, 15) is 4.79 Å². The van der Waals surface area contributed by atoms with Crippen LogP contribution in [0.1, 0.15) is 69.7 Å². The van der Waals surface area contributed by atoms with Gasteiger partial charge >= 0.3 is 201 Å². The van der Waals surface area contributed by atoms with Gasteiger partial charge < -0.3 is 0 Å². The van der Waals surface area contributed by atoms with Crippen LogP contribution in [0, 0.1) is 0 Å². The molecule has 1 amide bonds. The number of nitrogens with zero attached hydrogens (tertiary/aromatic N) is 1. The van der Waals surface area contributed by atoms with Crippen LogP contribution < -0.4 is 13.6 Å². The SMILES string of the molecule is CCC[CH2][Sn]([CH2]CCC)([CH2]CCC)[c]1ccc(C(=O)Nc2nc3ccc(OC)cc3s2)cc1. The van der Waals surface area contributed by atoms with Crippen molar-refractivity contribution in [3.05, 3.63) is 48.0 Å². The summed E-state index contributed by atoms with van der Waals surface area (Å²) in [5, 5.41) is 3.61. The summed E-state index contributed by atoms with van der Waals surface area (Å²) >= 11 is -0.990. The van der Waals surface area contributed by atoms with E-state index in [1.807, 2.05) is 30.3 Å². The number of unbranched alkanes of at least 4 members (excludes halogenated alkanes) is 3. The van der Waals surface area contributed by atoms with Gasteiger partial charge in [-0.05, 0) is 0 Å². The van der Waals surface area contributed by atoms with Gasteiger partial charge in [-0.15, -0.1) is 0 Å². The van der Waals surface area contributed by atoms with Gasteiger partial charge in [0.05, 0.1) is 7.11 Å². The number of nitrogens with one attached hydrogen (secondary N) is 1. The summed E-state index contributed by atoms with van der Waals surface area (Å²) in [5.74, 6) is 0.702. The number of thiazole rings is 1. The second-order valence-electron chi connectivity index (χ2n) is 8.98. The molecule has 0 saturated heterocycles. The van der Waals surface area contributed by atoms with Crippen LogP contribution in [-0.4, -0.2) is 36.4 Å². The van der Waals surface area contributed by atoms with Crippen molar-refractivity contribution >= 4 is 54.5 Å². The Morgan fingerprint density at radius 3 is 2.09 bits per heavy atom. The van der Waals surface area contributed by atoms with E-state index in [1.54, 1.807) is 10.7 Å². The Morgan fingerprint density at radius 2 is 1.55 bits per heavy atom. The zero-order chi connectivity index (χ0) is 23.7. The number of hydrogen-bond acceptors (Lipinski definition) is 4. The summed E-state index contributed by atoms with van der Waals surface area (Å²) in [4.78, 5) is 17.5. The third-order valence-corrected chi connectivity index (χ3v) is 23.2. The first-order valence-corrected chi connectivity index (χ1v) is 20.7. The maximum atomic E-state index is 12.9. The fraction of sp³-hybridized carbons (Fsp3) is 0.481. The summed E-state index contributed by atoms with van der Waals surface area (Å²) in [6, 6.07) is 14.4. The topological polar surface area (TPSA) is 51.2 Å². The molecule has 0 unspecified atom stereocenters. The van der Waals surface area contributed by atoms with Gasteiger partial charge in [-0.2, -0.15) is 0 Å². The van der Waals surface area contributed by atoms with E-state index in [2.05, 4.69) is 43.2 Å². The van der Waals surface area contributed by atoms with Crippen LogP contribution in [0.25, 0.3) is 10.2 Å². The number of benzene rings is 2. The molecule has 0 atom stereocenters. The standard InChI is InChI=1S/C15H11N2O2S.3C4H9.Sn/c1-19-11-7-8-12-13(9-11)20-15(16-12)17-14(18)10-5-3-2-4-6-10;3*1-3-4-2;/h3-9H,1H3,(H,16,17,18);3*1,3-4H2,2H3;. The Bertz CT molecular complexity index is 1010. The Morgan fingerprint density at radius 1 is 0.939 bits per heavy atom. The van der Waals surface area contributed by atoms with Gasteiger partial charge in [-0.3, -0.25) is 0 Å². The van der Waals surface area contributed by atoms with Gasteiger partial charge in [-0.25, -0.2) is 0 Å². The predicted molar refractivity (Wildman–Crippen MR) is 145 cm³/mol. The molecule has 3 rings (SSSR count). The van der Waals surface area contributed by atoms with Crippen LogP contribution >= 0.6 is 11.3 Å². The molecule has 33 heavy (non-hydrogen) atoms. The van der Waals surface area contributed by atoms with Gasteiger partial charge in [-0.1, -0.05) is 0 Å². The van der Waals surface area contributed by atoms with E-state index >= 15 is 0 Å². The minimum absolute atomic E-state index is 0.0935. The van der Waals surface area contributed by atoms with Crippen molar-refractivity contribution in [2.45, 2.75) is 72.6 Å². The molecule has 178 valence electrons. The number of hydrogen-bond donors (Lipinski definition) is 1. The molecule has 0 aliphatic rings. The number of rotatable bonds is 13. The number of ether oxygens (including phenoxy) is 1. The number of methoxy groups -OCH3 is 1. The normalized spacial score (nSPS) is 11.6. The molecule has 0 fully saturated rings. The molecule has 0 saturated carbocycles. The molecule has 0 aliphatic carbocycles. The molecule has 4 nitrogen and oxygen atoms in total. The summed E-state index contributed by atoms with van der Waals surface area (Å²) in [7, 11) is 1.65. The average molecular weight is 573 g/mol. The fourth-order valence-corrected chi connectivity index (χ4v) is 21.4. The summed E-state index contributed by atoms with van der Waals surface area (Å²) < 4.78 is 12.2. The molecule has 0 spiro atoms. The number of anilines is 1. The Labute approximate surface area is 207 Å². The van der Waals surface area contributed by atoms with Crippen molar-refractivity contribution in [1.82, 2.24) is 4.98 Å². The van der Waals surface area contributed by atoms with E-state index < -0.39 is 18.4 Å². The van der Waals surface area contributed by atoms with Crippen LogP contribution in [0.4, 0.5) is 5.13 Å². The first-order valence-electron chi connectivity index (χ1n) is 12.4. The monoisotopic (exact) mass is 574 g/mol. The van der Waals surface area contributed by atoms with Crippen LogP contribution in [0.2, 0.25) is 13.3 Å². The second-order valence-corrected chi connectivity index (χ2v) is 23.2. The summed E-state index contributed by atoms with van der Waals surface area (Å²) in [6.45, 7) is 6.92. The molecule has 1 heterocycles. The van der Waals surface area contributed by atoms with Crippen molar-refractivity contribution in [2.24, 2.45) is 0 Å². The predicted octanol–water partition coefficient (Wildman–Crippen LogP) is 7.61. The molecule has 1 N–H and O–H groups in total. The van der Waals surface area contributed by atoms with Crippen molar-refractivity contribution in [3.8, 4) is 5.75 Å². The quantitative estimate of drug-likeness (QED) is 0.214. The van der Waals surface area contributed by atoms with Gasteiger partial charge in [0.25, 0.3) is 0 Å². The van der Waals surface area contributed by atoms with Gasteiger partial charge in [0.1, 0.15) is 0 Å². The molecule has 0 radical (unpaired) electrons. The van der Waals surface area contributed by atoms with Crippen LogP contribution in [0.15, 0.2) is 42.5 Å². The van der Waals surface area contributed by atoms with Gasteiger partial charge in [0.15, 0.2) is 0 Å². The second kappa shape index (κ2) is 12.7. The fourth-order valence-electron chi connectivity index (χ4n) is 4.58. The van der Waals surface area contributed by atoms with E-state index in [1.165, 1.54) is 63.2 Å². The molecule has 1 aromatic heterocycles. The minimum atomic E-state index is -2.46. The number of amides is 1. The first-order chi connectivity index (χ1) is 16.0. The number of aromatic nitrogens is 1. The molecular weight excluding hydrogens is 535 g/mol. The Kier molecular flexibility index (Phi) is 10.0. The maximum absolute atomic E-state index is 12.9. The zero-order valence-electron chi connectivity index (χ0n) is 20.6. The summed E-state index contributed by atoms with van der Waals surface area (Å²) in [6.07, 6.45) is 7.83. The summed E-state index contributed by atoms with van der Waals surface area (Å²) in [5.41, 5.74) is 1.57. The molecule has 6 heteroatoms. The third-order valence-electron chi connectivity index (χ3n) is 6.60. The van der Waals surface area contributed by atoms with E-state index in [4.69, 9.17) is 4.74 Å². The average Bonchev–Trinajstić information content (AvgIpc) is 3.25. The number of carbonyl (C=O) groups excluding carboxylic acids is 1. The van der Waals surface area contributed by atoms with Crippen LogP contribution in [0.5, 0.6) is 5.75 Å². The first kappa shape index (κ1) is 26.0. The van der Waals surface area contributed by atoms with Crippen molar-refractivity contribution in [2.75, 3.05) is 12.4 Å². The van der Waals surface area contributed by atoms with Crippen LogP contribution in [-0.2, 0) is 0 Å². The van der Waals surface area contributed by atoms with Gasteiger partial charge in [0, 0.05) is 0 Å². The Hall–Kier alpha value is -1.60. The van der Waals surface area contributed by atoms with Gasteiger partial charge in [0.2, 0.25) is 0 Å². The number of carbonyl (C=O) groups is 1. The van der Waals surface area contributed by atoms with Crippen molar-refractivity contribution < 1.29 is 9.53 Å². The zero-order valence-corrected chi connectivity index (χ0v) is 24.2. The van der Waals surface area contributed by atoms with E-state index in [0.717, 1.165) is 16.0 Å². The molecule has 3 aromatic rings.